The van der Waals surface area contributed by atoms with Crippen molar-refractivity contribution >= 4 is 286 Å². The minimum atomic E-state index is 0. The van der Waals surface area contributed by atoms with Crippen LogP contribution in [0.4, 0.5) is 0 Å². The number of rotatable bonds is 32. The molecule has 2 aliphatic heterocycles. The predicted octanol–water partition coefficient (Wildman–Crippen LogP) is 2.45. The van der Waals surface area contributed by atoms with E-state index in [1.807, 2.05) is 121 Å². The van der Waals surface area contributed by atoms with E-state index < -0.39 is 0 Å². The smallest absolute Gasteiger partial charge is 0.741 e. The molecule has 58 heteroatoms. The number of ether oxygens (including phenoxy) is 2. The summed E-state index contributed by atoms with van der Waals surface area (Å²) in [5.74, 6) is 0. The maximum absolute atomic E-state index is 5.31. The van der Waals surface area contributed by atoms with Gasteiger partial charge in [-0.1, -0.05) is 121 Å². The van der Waals surface area contributed by atoms with Crippen molar-refractivity contribution in [3.05, 3.63) is 144 Å². The van der Waals surface area contributed by atoms with Crippen molar-refractivity contribution < 1.29 is 117 Å². The molecule has 2 saturated heterocycles. The summed E-state index contributed by atoms with van der Waals surface area (Å²) in [5.41, 5.74) is 6.97. The molecule has 0 aliphatic carbocycles. The molecule has 4 aromatic carbocycles. The zero-order valence-electron chi connectivity index (χ0n) is 73.4. The van der Waals surface area contributed by atoms with Gasteiger partial charge in [-0.15, -0.1) is 0 Å². The Bertz CT molecular complexity index is 4010. The van der Waals surface area contributed by atoms with E-state index in [9.17, 15) is 0 Å². The molecule has 4 aromatic rings. The van der Waals surface area contributed by atoms with Gasteiger partial charge in [0, 0.05) is 121 Å². The van der Waals surface area contributed by atoms with Crippen molar-refractivity contribution in [2.45, 2.75) is 53.9 Å². The number of benzene rings is 4. The molecule has 132 heavy (non-hydrogen) atoms. The molecule has 0 atom stereocenters. The number of nitrogens with zero attached hydrogens (tertiary/aromatic N) is 26. The Balaban J connectivity index is -0.000000364. The third-order valence-electron chi connectivity index (χ3n) is 14.2. The minimum absolute atomic E-state index is 0. The maximum atomic E-state index is 5.31. The molecular formula is C74H102Cu4N38O2S12Zn2. The fourth-order valence-electron chi connectivity index (χ4n) is 7.59. The van der Waals surface area contributed by atoms with Crippen LogP contribution >= 0.6 is 0 Å². The van der Waals surface area contributed by atoms with Gasteiger partial charge in [-0.05, 0) is 112 Å². The maximum Gasteiger partial charge on any atom is 2.00 e. The second-order valence-corrected chi connectivity index (χ2v) is 28.0. The molecule has 720 valence electrons. The van der Waals surface area contributed by atoms with E-state index in [1.165, 1.54) is 49.7 Å². The van der Waals surface area contributed by atoms with Crippen molar-refractivity contribution in [2.24, 2.45) is 122 Å². The second kappa shape index (κ2) is 93.8. The van der Waals surface area contributed by atoms with Crippen LogP contribution in [0.15, 0.2) is 244 Å². The molecule has 12 N–H and O–H groups in total. The average Bonchev–Trinajstić information content (AvgIpc) is 0.962. The molecule has 2 heterocycles. The molecule has 0 bridgehead atoms. The Kier molecular flexibility index (Phi) is 96.0. The molecule has 0 amide bonds. The Morgan fingerprint density at radius 2 is 0.424 bits per heavy atom. The van der Waals surface area contributed by atoms with Gasteiger partial charge in [-0.25, -0.2) is 0 Å². The number of amidine groups is 12. The normalized spacial score (nSPS) is 14.5. The molecule has 0 aromatic heterocycles. The molecule has 4 radical (unpaired) electrons. The van der Waals surface area contributed by atoms with Crippen LogP contribution < -0.4 is 63.8 Å². The fraction of sp³-hybridized carbons (Fsp3) is 0.351. The average molecular weight is 2330 g/mol. The molecular weight excluding hydrogens is 2220 g/mol. The molecule has 6 rings (SSSR count). The van der Waals surface area contributed by atoms with Crippen LogP contribution in [0, 0.1) is 0 Å². The predicted molar refractivity (Wildman–Crippen MR) is 556 cm³/mol. The van der Waals surface area contributed by atoms with Crippen LogP contribution in [0.2, 0.25) is 0 Å². The first-order chi connectivity index (χ1) is 60.9. The minimum Gasteiger partial charge on any atom is -0.741 e. The van der Waals surface area contributed by atoms with Crippen LogP contribution in [-0.2, 0) is 294 Å². The van der Waals surface area contributed by atoms with Crippen LogP contribution in [-0.4, -0.2) is 265 Å². The fourth-order valence-corrected chi connectivity index (χ4v) is 8.63. The largest absolute Gasteiger partial charge is 2.00 e. The first-order valence-electron chi connectivity index (χ1n) is 37.6. The standard InChI is InChI=1S/2C18H20N6S2.C16H30N8O2S2.2C8H16N6S2.C6H12N6S2.4Cu.2Zn/c2*25-17(19-13-15-7-3-1-4-8-15)23-21-11-12-22-24-18(26)20-14-16-9-5-2-6-10-16;27-15(17-3-5-23-7-11-25-12-8-23)21-19-1-2-20-22-16(28)18-4-6-24-9-13-26-14-10-24;2*1-5(11-13-7(15)9-3)6(2)12-14-8(16)10-4;1-7-5(13)11-9-3-4-10-12-6(14)8-2;;;;;;/h2*1-12H,13-14H2,(H2,19,23,25)(H2,20,24,26);1-2H,3-14H2,(H2,17,21,27)(H2,18,22,28);2*1-4H3,(H2,9,13,15)(H2,10,14,16);3-4H,1-2H3,(H2,7,11,13)(H2,8,12,14);;;;;;/q;;;;;;6*+2/p-12. The zero-order valence-corrected chi connectivity index (χ0v) is 92.9. The molecule has 40 nitrogen and oxygen atoms in total. The summed E-state index contributed by atoms with van der Waals surface area (Å²) >= 11 is 59.1. The van der Waals surface area contributed by atoms with Gasteiger partial charge >= 0.3 is 107 Å². The van der Waals surface area contributed by atoms with Crippen molar-refractivity contribution in [3.63, 3.8) is 0 Å². The summed E-state index contributed by atoms with van der Waals surface area (Å²) < 4.78 is 10.6. The summed E-state index contributed by atoms with van der Waals surface area (Å²) in [7, 11) is 10.0. The Morgan fingerprint density at radius 1 is 0.258 bits per heavy atom. The van der Waals surface area contributed by atoms with E-state index in [0.717, 1.165) is 101 Å². The Morgan fingerprint density at radius 3 is 0.606 bits per heavy atom. The van der Waals surface area contributed by atoms with Gasteiger partial charge in [-0.3, -0.25) is 9.80 Å². The van der Waals surface area contributed by atoms with Gasteiger partial charge in [0.1, 0.15) is 0 Å². The van der Waals surface area contributed by atoms with Gasteiger partial charge in [0.25, 0.3) is 0 Å². The van der Waals surface area contributed by atoms with Gasteiger partial charge in [0.15, 0.2) is 0 Å². The van der Waals surface area contributed by atoms with Crippen LogP contribution in [0.25, 0.3) is 0 Å². The van der Waals surface area contributed by atoms with Gasteiger partial charge < -0.3 is 225 Å². The molecule has 0 saturated carbocycles. The van der Waals surface area contributed by atoms with E-state index in [1.54, 1.807) is 70.0 Å². The quantitative estimate of drug-likeness (QED) is 0.0110. The number of hydrogen-bond acceptors (Lipinski definition) is 40. The van der Waals surface area contributed by atoms with E-state index in [4.69, 9.17) is 161 Å². The van der Waals surface area contributed by atoms with Crippen molar-refractivity contribution in [3.8, 4) is 0 Å². The topological polar surface area (TPSA) is 466 Å². The Labute approximate surface area is 907 Å². The third kappa shape index (κ3) is 81.9. The van der Waals surface area contributed by atoms with E-state index in [2.05, 4.69) is 196 Å². The van der Waals surface area contributed by atoms with E-state index >= 15 is 0 Å². The molecule has 0 unspecified atom stereocenters. The van der Waals surface area contributed by atoms with Gasteiger partial charge in [-0.2, -0.15) is 122 Å². The summed E-state index contributed by atoms with van der Waals surface area (Å²) in [6.07, 6.45) is 11.1. The Hall–Kier alpha value is -7.64. The zero-order chi connectivity index (χ0) is 92.7. The first kappa shape index (κ1) is 135. The summed E-state index contributed by atoms with van der Waals surface area (Å²) in [4.78, 5) is 4.63. The van der Waals surface area contributed by atoms with Crippen molar-refractivity contribution in [2.75, 3.05) is 121 Å². The second-order valence-electron chi connectivity index (χ2n) is 23.3. The SMILES string of the molecule is CNC([S-])=NN=C(C)C(C)=NN=C([S-])NC.CNC([S-])=NN=C(C)C(C)=NN=C([S-])NC.CNC([S-])=NN=CC=NN=C([S-])NC.[Cu+2].[Cu+2].[Cu+2].[Cu+2].[S-]C(=NN=CC=NN=C([S-])NCCN1CCOCC1)NCCN1CCOCC1.[S-]C(=NN=CC=NN=C([S-])NCc1ccccc1)NCc1ccccc1.[S-]C(=NN=CC=NN=C([S-])NCc1ccccc1)NCc1ccccc1.[Zn+2].[Zn+2]. The summed E-state index contributed by atoms with van der Waals surface area (Å²) in [6.45, 7) is 19.7. The number of morpholine rings is 2. The van der Waals surface area contributed by atoms with Gasteiger partial charge in [0.05, 0.1) is 99.0 Å². The summed E-state index contributed by atoms with van der Waals surface area (Å²) in [6, 6.07) is 39.6. The molecule has 2 fully saturated rings. The molecule has 2 aliphatic rings. The van der Waals surface area contributed by atoms with Crippen LogP contribution in [0.3, 0.4) is 0 Å². The number of nitrogens with one attached hydrogen (secondary N) is 12. The van der Waals surface area contributed by atoms with Crippen molar-refractivity contribution in [1.29, 1.82) is 0 Å². The van der Waals surface area contributed by atoms with E-state index in [-0.39, 0.29) is 107 Å². The van der Waals surface area contributed by atoms with Crippen LogP contribution in [0.5, 0.6) is 0 Å². The summed E-state index contributed by atoms with van der Waals surface area (Å²) in [5, 5.41) is 129. The first-order valence-corrected chi connectivity index (χ1v) is 42.5. The van der Waals surface area contributed by atoms with Crippen molar-refractivity contribution in [1.82, 2.24) is 73.6 Å². The molecule has 0 spiro atoms. The number of hydrogen-bond donors (Lipinski definition) is 12. The monoisotopic (exact) mass is 2320 g/mol. The third-order valence-corrected chi connectivity index (χ3v) is 17.3. The van der Waals surface area contributed by atoms with E-state index in [0.29, 0.717) is 111 Å². The van der Waals surface area contributed by atoms with Gasteiger partial charge in [0.2, 0.25) is 0 Å². The van der Waals surface area contributed by atoms with Crippen LogP contribution in [0.1, 0.15) is 49.9 Å².